The second kappa shape index (κ2) is 3.72. The molecule has 2 heterocycles. The Morgan fingerprint density at radius 3 is 3.00 bits per heavy atom. The summed E-state index contributed by atoms with van der Waals surface area (Å²) in [6, 6.07) is 7.92. The molecular weight excluding hydrogens is 202 g/mol. The smallest absolute Gasteiger partial charge is 0.225 e. The molecule has 16 heavy (non-hydrogen) atoms. The summed E-state index contributed by atoms with van der Waals surface area (Å²) in [5.74, 6) is 0.718. The Hall–Kier alpha value is -1.68. The lowest BCUT2D eigenvalue weighted by atomic mass is 10.2. The summed E-state index contributed by atoms with van der Waals surface area (Å²) in [5, 5.41) is 10.5. The van der Waals surface area contributed by atoms with Gasteiger partial charge >= 0.3 is 0 Å². The van der Waals surface area contributed by atoms with Gasteiger partial charge in [0.15, 0.2) is 0 Å². The van der Waals surface area contributed by atoms with Crippen LogP contribution in [0.15, 0.2) is 30.5 Å². The monoisotopic (exact) mass is 215 g/mol. The van der Waals surface area contributed by atoms with Gasteiger partial charge in [-0.05, 0) is 12.5 Å². The van der Waals surface area contributed by atoms with Gasteiger partial charge in [-0.3, -0.25) is 0 Å². The molecule has 0 spiro atoms. The predicted octanol–water partition coefficient (Wildman–Crippen LogP) is 1.20. The van der Waals surface area contributed by atoms with Crippen molar-refractivity contribution in [2.45, 2.75) is 12.5 Å². The summed E-state index contributed by atoms with van der Waals surface area (Å²) in [4.78, 5) is 10.8. The second-order valence-electron chi connectivity index (χ2n) is 4.12. The maximum Gasteiger partial charge on any atom is 0.225 e. The number of aromatic nitrogens is 2. The first-order valence-electron chi connectivity index (χ1n) is 5.48. The molecule has 0 saturated carbocycles. The number of rotatable bonds is 1. The third-order valence-corrected chi connectivity index (χ3v) is 2.92. The van der Waals surface area contributed by atoms with Gasteiger partial charge < -0.3 is 10.0 Å². The molecule has 0 radical (unpaired) electrons. The first kappa shape index (κ1) is 9.54. The van der Waals surface area contributed by atoms with E-state index in [0.717, 1.165) is 29.8 Å². The van der Waals surface area contributed by atoms with E-state index in [1.807, 2.05) is 35.4 Å². The van der Waals surface area contributed by atoms with Crippen LogP contribution in [0.3, 0.4) is 0 Å². The van der Waals surface area contributed by atoms with Gasteiger partial charge in [0.05, 0.1) is 11.6 Å². The number of aliphatic hydroxyl groups is 1. The molecule has 1 fully saturated rings. The molecule has 2 aromatic rings. The Morgan fingerprint density at radius 1 is 1.31 bits per heavy atom. The normalized spacial score (nSPS) is 20.6. The molecule has 1 aromatic carbocycles. The van der Waals surface area contributed by atoms with Crippen LogP contribution in [0.2, 0.25) is 0 Å². The first-order valence-corrected chi connectivity index (χ1v) is 5.48. The molecule has 1 aromatic heterocycles. The maximum absolute atomic E-state index is 9.48. The van der Waals surface area contributed by atoms with Crippen LogP contribution in [0.1, 0.15) is 6.42 Å². The molecule has 0 aliphatic carbocycles. The summed E-state index contributed by atoms with van der Waals surface area (Å²) >= 11 is 0. The Kier molecular flexibility index (Phi) is 2.22. The number of hydrogen-bond donors (Lipinski definition) is 1. The minimum atomic E-state index is -0.241. The van der Waals surface area contributed by atoms with Crippen LogP contribution in [0.25, 0.3) is 10.9 Å². The minimum Gasteiger partial charge on any atom is -0.391 e. The zero-order valence-electron chi connectivity index (χ0n) is 8.87. The average molecular weight is 215 g/mol. The van der Waals surface area contributed by atoms with Crippen LogP contribution in [0, 0.1) is 0 Å². The van der Waals surface area contributed by atoms with Crippen molar-refractivity contribution in [3.05, 3.63) is 30.5 Å². The van der Waals surface area contributed by atoms with Crippen LogP contribution in [-0.2, 0) is 0 Å². The zero-order chi connectivity index (χ0) is 11.0. The van der Waals surface area contributed by atoms with Crippen molar-refractivity contribution in [3.63, 3.8) is 0 Å². The molecule has 1 atom stereocenters. The third-order valence-electron chi connectivity index (χ3n) is 2.92. The highest BCUT2D eigenvalue weighted by Crippen LogP contribution is 2.18. The summed E-state index contributed by atoms with van der Waals surface area (Å²) < 4.78 is 0. The van der Waals surface area contributed by atoms with Gasteiger partial charge in [-0.2, -0.15) is 0 Å². The molecule has 0 bridgehead atoms. The maximum atomic E-state index is 9.48. The van der Waals surface area contributed by atoms with Gasteiger partial charge in [0.1, 0.15) is 0 Å². The largest absolute Gasteiger partial charge is 0.391 e. The molecule has 1 aliphatic rings. The molecule has 0 amide bonds. The lowest BCUT2D eigenvalue weighted by Crippen LogP contribution is -2.23. The molecule has 4 heteroatoms. The van der Waals surface area contributed by atoms with E-state index in [4.69, 9.17) is 0 Å². The fourth-order valence-corrected chi connectivity index (χ4v) is 2.04. The highest BCUT2D eigenvalue weighted by atomic mass is 16.3. The van der Waals surface area contributed by atoms with Crippen molar-refractivity contribution in [2.24, 2.45) is 0 Å². The number of β-amino-alcohol motifs (C(OH)–C–C–N with tert-alkyl or cyclic N) is 1. The van der Waals surface area contributed by atoms with E-state index in [1.165, 1.54) is 0 Å². The van der Waals surface area contributed by atoms with Gasteiger partial charge in [0.2, 0.25) is 5.95 Å². The average Bonchev–Trinajstić information content (AvgIpc) is 2.75. The molecule has 82 valence electrons. The molecule has 1 N–H and O–H groups in total. The Morgan fingerprint density at radius 2 is 2.19 bits per heavy atom. The van der Waals surface area contributed by atoms with Gasteiger partial charge in [0, 0.05) is 24.7 Å². The van der Waals surface area contributed by atoms with Crippen molar-refractivity contribution >= 4 is 16.9 Å². The second-order valence-corrected chi connectivity index (χ2v) is 4.12. The fraction of sp³-hybridized carbons (Fsp3) is 0.333. The van der Waals surface area contributed by atoms with Gasteiger partial charge in [-0.15, -0.1) is 0 Å². The molecule has 4 nitrogen and oxygen atoms in total. The van der Waals surface area contributed by atoms with E-state index in [1.54, 1.807) is 0 Å². The van der Waals surface area contributed by atoms with Crippen LogP contribution < -0.4 is 4.90 Å². The quantitative estimate of drug-likeness (QED) is 0.776. The number of fused-ring (bicyclic) bond motifs is 1. The highest BCUT2D eigenvalue weighted by molar-refractivity contribution is 5.78. The summed E-state index contributed by atoms with van der Waals surface area (Å²) in [7, 11) is 0. The van der Waals surface area contributed by atoms with Crippen molar-refractivity contribution in [1.29, 1.82) is 0 Å². The van der Waals surface area contributed by atoms with E-state index in [-0.39, 0.29) is 6.10 Å². The number of hydrogen-bond acceptors (Lipinski definition) is 4. The topological polar surface area (TPSA) is 49.2 Å². The number of aliphatic hydroxyl groups excluding tert-OH is 1. The first-order chi connectivity index (χ1) is 7.83. The lowest BCUT2D eigenvalue weighted by Gasteiger charge is -2.15. The van der Waals surface area contributed by atoms with E-state index >= 15 is 0 Å². The highest BCUT2D eigenvalue weighted by Gasteiger charge is 2.22. The SMILES string of the molecule is O[C@@H]1CCN(c2ncc3ccccc3n2)C1. The van der Waals surface area contributed by atoms with Crippen LogP contribution in [0.5, 0.6) is 0 Å². The lowest BCUT2D eigenvalue weighted by molar-refractivity contribution is 0.198. The fourth-order valence-electron chi connectivity index (χ4n) is 2.04. The standard InChI is InChI=1S/C12H13N3O/c16-10-5-6-15(8-10)12-13-7-9-3-1-2-4-11(9)14-12/h1-4,7,10,16H,5-6,8H2/t10-/m1/s1. The van der Waals surface area contributed by atoms with Crippen LogP contribution in [-0.4, -0.2) is 34.3 Å². The van der Waals surface area contributed by atoms with Crippen molar-refractivity contribution < 1.29 is 5.11 Å². The van der Waals surface area contributed by atoms with Crippen molar-refractivity contribution in [2.75, 3.05) is 18.0 Å². The van der Waals surface area contributed by atoms with Crippen LogP contribution >= 0.6 is 0 Å². The minimum absolute atomic E-state index is 0.241. The summed E-state index contributed by atoms with van der Waals surface area (Å²) in [5.41, 5.74) is 0.953. The van der Waals surface area contributed by atoms with E-state index in [0.29, 0.717) is 6.54 Å². The van der Waals surface area contributed by atoms with Gasteiger partial charge in [0.25, 0.3) is 0 Å². The van der Waals surface area contributed by atoms with E-state index in [2.05, 4.69) is 9.97 Å². The van der Waals surface area contributed by atoms with Crippen molar-refractivity contribution in [1.82, 2.24) is 9.97 Å². The van der Waals surface area contributed by atoms with E-state index in [9.17, 15) is 5.11 Å². The number of para-hydroxylation sites is 1. The van der Waals surface area contributed by atoms with Gasteiger partial charge in [-0.25, -0.2) is 9.97 Å². The molecule has 3 rings (SSSR count). The number of benzene rings is 1. The molecule has 0 unspecified atom stereocenters. The molecule has 1 saturated heterocycles. The number of nitrogens with zero attached hydrogens (tertiary/aromatic N) is 3. The summed E-state index contributed by atoms with van der Waals surface area (Å²) in [6.45, 7) is 1.47. The molecular formula is C12H13N3O. The van der Waals surface area contributed by atoms with Crippen LogP contribution in [0.4, 0.5) is 5.95 Å². The van der Waals surface area contributed by atoms with Crippen molar-refractivity contribution in [3.8, 4) is 0 Å². The molecule has 1 aliphatic heterocycles. The third kappa shape index (κ3) is 1.61. The zero-order valence-corrected chi connectivity index (χ0v) is 8.87. The number of anilines is 1. The predicted molar refractivity (Wildman–Crippen MR) is 62.4 cm³/mol. The summed E-state index contributed by atoms with van der Waals surface area (Å²) in [6.07, 6.45) is 2.40. The van der Waals surface area contributed by atoms with E-state index < -0.39 is 0 Å². The Balaban J connectivity index is 1.99. The Labute approximate surface area is 93.6 Å². The van der Waals surface area contributed by atoms with Gasteiger partial charge in [-0.1, -0.05) is 18.2 Å². The Bertz CT molecular complexity index is 514.